The number of anilines is 1. The smallest absolute Gasteiger partial charge is 0.126 e. The van der Waals surface area contributed by atoms with Gasteiger partial charge in [0.25, 0.3) is 0 Å². The fourth-order valence-electron chi connectivity index (χ4n) is 1.73. The molecule has 2 aromatic rings. The van der Waals surface area contributed by atoms with Crippen molar-refractivity contribution < 1.29 is 9.13 Å². The van der Waals surface area contributed by atoms with Crippen molar-refractivity contribution in [3.05, 3.63) is 58.9 Å². The van der Waals surface area contributed by atoms with E-state index < -0.39 is 0 Å². The Kier molecular flexibility index (Phi) is 3.51. The number of hydrogen-bond acceptors (Lipinski definition) is 2. The van der Waals surface area contributed by atoms with Crippen molar-refractivity contribution >= 4 is 5.69 Å². The summed E-state index contributed by atoms with van der Waals surface area (Å²) < 4.78 is 18.7. The third kappa shape index (κ3) is 2.62. The molecule has 0 atom stereocenters. The van der Waals surface area contributed by atoms with Crippen molar-refractivity contribution in [2.45, 2.75) is 20.5 Å². The lowest BCUT2D eigenvalue weighted by atomic mass is 10.1. The molecule has 0 spiro atoms. The van der Waals surface area contributed by atoms with Crippen molar-refractivity contribution in [2.75, 3.05) is 5.73 Å². The highest BCUT2D eigenvalue weighted by molar-refractivity contribution is 5.49. The normalized spacial score (nSPS) is 10.4. The van der Waals surface area contributed by atoms with Gasteiger partial charge in [-0.25, -0.2) is 4.39 Å². The Morgan fingerprint density at radius 3 is 2.67 bits per heavy atom. The maximum Gasteiger partial charge on any atom is 0.126 e. The summed E-state index contributed by atoms with van der Waals surface area (Å²) in [6.07, 6.45) is 0. The second-order valence-electron chi connectivity index (χ2n) is 4.33. The lowest BCUT2D eigenvalue weighted by Crippen LogP contribution is -2.01. The Morgan fingerprint density at radius 1 is 1.17 bits per heavy atom. The van der Waals surface area contributed by atoms with Crippen LogP contribution in [-0.4, -0.2) is 0 Å². The summed E-state index contributed by atoms with van der Waals surface area (Å²) >= 11 is 0. The van der Waals surface area contributed by atoms with Crippen LogP contribution in [0, 0.1) is 19.7 Å². The first kappa shape index (κ1) is 12.4. The first-order valence-corrected chi connectivity index (χ1v) is 5.81. The molecular weight excluding hydrogens is 229 g/mol. The molecule has 94 valence electrons. The number of benzene rings is 2. The maximum absolute atomic E-state index is 13.1. The number of rotatable bonds is 3. The standard InChI is InChI=1S/C15H16FNO/c1-10-8-13(6-7-14(10)16)18-9-12-4-3-5-15(17)11(12)2/h3-8H,9,17H2,1-2H3. The first-order chi connectivity index (χ1) is 8.58. The summed E-state index contributed by atoms with van der Waals surface area (Å²) in [6.45, 7) is 4.11. The molecule has 0 aliphatic carbocycles. The van der Waals surface area contributed by atoms with Crippen molar-refractivity contribution in [3.63, 3.8) is 0 Å². The average molecular weight is 245 g/mol. The quantitative estimate of drug-likeness (QED) is 0.838. The Balaban J connectivity index is 2.11. The highest BCUT2D eigenvalue weighted by Gasteiger charge is 2.04. The number of ether oxygens (including phenoxy) is 1. The van der Waals surface area contributed by atoms with Crippen LogP contribution in [0.1, 0.15) is 16.7 Å². The Bertz CT molecular complexity index is 566. The van der Waals surface area contributed by atoms with Crippen molar-refractivity contribution in [2.24, 2.45) is 0 Å². The summed E-state index contributed by atoms with van der Waals surface area (Å²) in [5, 5.41) is 0. The highest BCUT2D eigenvalue weighted by Crippen LogP contribution is 2.20. The number of nitrogen functional groups attached to an aromatic ring is 1. The molecule has 0 saturated heterocycles. The monoisotopic (exact) mass is 245 g/mol. The third-order valence-electron chi connectivity index (χ3n) is 3.01. The SMILES string of the molecule is Cc1cc(OCc2cccc(N)c2C)ccc1F. The second-order valence-corrected chi connectivity index (χ2v) is 4.33. The lowest BCUT2D eigenvalue weighted by Gasteiger charge is -2.11. The van der Waals surface area contributed by atoms with Crippen LogP contribution in [0.2, 0.25) is 0 Å². The number of aryl methyl sites for hydroxylation is 1. The molecule has 0 unspecified atom stereocenters. The topological polar surface area (TPSA) is 35.2 Å². The molecular formula is C15H16FNO. The summed E-state index contributed by atoms with van der Waals surface area (Å²) in [7, 11) is 0. The molecule has 0 fully saturated rings. The van der Waals surface area contributed by atoms with Gasteiger partial charge < -0.3 is 10.5 Å². The van der Waals surface area contributed by atoms with Gasteiger partial charge in [0, 0.05) is 5.69 Å². The molecule has 2 nitrogen and oxygen atoms in total. The minimum atomic E-state index is -0.220. The molecule has 0 aromatic heterocycles. The van der Waals surface area contributed by atoms with Crippen LogP contribution < -0.4 is 10.5 Å². The van der Waals surface area contributed by atoms with Crippen LogP contribution in [0.25, 0.3) is 0 Å². The van der Waals surface area contributed by atoms with E-state index in [1.807, 2.05) is 25.1 Å². The van der Waals surface area contributed by atoms with E-state index in [1.54, 1.807) is 19.1 Å². The molecule has 0 bridgehead atoms. The van der Waals surface area contributed by atoms with Crippen LogP contribution in [0.5, 0.6) is 5.75 Å². The molecule has 2 aromatic carbocycles. The minimum absolute atomic E-state index is 0.220. The molecule has 18 heavy (non-hydrogen) atoms. The predicted molar refractivity (Wildman–Crippen MR) is 71.1 cm³/mol. The number of halogens is 1. The van der Waals surface area contributed by atoms with Gasteiger partial charge in [0.2, 0.25) is 0 Å². The molecule has 0 amide bonds. The van der Waals surface area contributed by atoms with Gasteiger partial charge in [-0.3, -0.25) is 0 Å². The largest absolute Gasteiger partial charge is 0.489 e. The highest BCUT2D eigenvalue weighted by atomic mass is 19.1. The minimum Gasteiger partial charge on any atom is -0.489 e. The van der Waals surface area contributed by atoms with Gasteiger partial charge in [-0.2, -0.15) is 0 Å². The summed E-state index contributed by atoms with van der Waals surface area (Å²) in [5.41, 5.74) is 9.23. The van der Waals surface area contributed by atoms with Gasteiger partial charge in [-0.1, -0.05) is 12.1 Å². The van der Waals surface area contributed by atoms with Crippen LogP contribution in [-0.2, 0) is 6.61 Å². The lowest BCUT2D eigenvalue weighted by molar-refractivity contribution is 0.305. The van der Waals surface area contributed by atoms with Crippen LogP contribution in [0.15, 0.2) is 36.4 Å². The summed E-state index contributed by atoms with van der Waals surface area (Å²) in [6, 6.07) is 10.5. The van der Waals surface area contributed by atoms with Gasteiger partial charge in [0.1, 0.15) is 18.2 Å². The molecule has 0 heterocycles. The van der Waals surface area contributed by atoms with E-state index in [1.165, 1.54) is 6.07 Å². The van der Waals surface area contributed by atoms with Gasteiger partial charge in [-0.15, -0.1) is 0 Å². The number of nitrogens with two attached hydrogens (primary N) is 1. The van der Waals surface area contributed by atoms with Gasteiger partial charge in [-0.05, 0) is 54.8 Å². The fraction of sp³-hybridized carbons (Fsp3) is 0.200. The summed E-state index contributed by atoms with van der Waals surface area (Å²) in [5.74, 6) is 0.443. The van der Waals surface area contributed by atoms with Crippen LogP contribution in [0.3, 0.4) is 0 Å². The zero-order valence-corrected chi connectivity index (χ0v) is 10.5. The van der Waals surface area contributed by atoms with E-state index in [2.05, 4.69) is 0 Å². The van der Waals surface area contributed by atoms with E-state index >= 15 is 0 Å². The molecule has 3 heteroatoms. The molecule has 0 aliphatic rings. The van der Waals surface area contributed by atoms with Crippen molar-refractivity contribution in [3.8, 4) is 5.75 Å². The van der Waals surface area contributed by atoms with Crippen LogP contribution >= 0.6 is 0 Å². The summed E-state index contributed by atoms with van der Waals surface area (Å²) in [4.78, 5) is 0. The van der Waals surface area contributed by atoms with E-state index in [-0.39, 0.29) is 5.82 Å². The Morgan fingerprint density at radius 2 is 1.94 bits per heavy atom. The molecule has 0 saturated carbocycles. The van der Waals surface area contributed by atoms with Crippen LogP contribution in [0.4, 0.5) is 10.1 Å². The fourth-order valence-corrected chi connectivity index (χ4v) is 1.73. The zero-order chi connectivity index (χ0) is 13.1. The van der Waals surface area contributed by atoms with E-state index in [4.69, 9.17) is 10.5 Å². The molecule has 0 aliphatic heterocycles. The predicted octanol–water partition coefficient (Wildman–Crippen LogP) is 3.60. The van der Waals surface area contributed by atoms with Crippen molar-refractivity contribution in [1.82, 2.24) is 0 Å². The Hall–Kier alpha value is -2.03. The average Bonchev–Trinajstić information content (AvgIpc) is 2.35. The Labute approximate surface area is 106 Å². The first-order valence-electron chi connectivity index (χ1n) is 5.81. The number of hydrogen-bond donors (Lipinski definition) is 1. The van der Waals surface area contributed by atoms with Gasteiger partial charge in [0.05, 0.1) is 0 Å². The van der Waals surface area contributed by atoms with E-state index in [9.17, 15) is 4.39 Å². The maximum atomic E-state index is 13.1. The van der Waals surface area contributed by atoms with Crippen molar-refractivity contribution in [1.29, 1.82) is 0 Å². The second kappa shape index (κ2) is 5.08. The van der Waals surface area contributed by atoms with Gasteiger partial charge >= 0.3 is 0 Å². The molecule has 2 N–H and O–H groups in total. The third-order valence-corrected chi connectivity index (χ3v) is 3.01. The molecule has 0 radical (unpaired) electrons. The van der Waals surface area contributed by atoms with E-state index in [0.29, 0.717) is 17.9 Å². The molecule has 2 rings (SSSR count). The van der Waals surface area contributed by atoms with E-state index in [0.717, 1.165) is 16.8 Å². The zero-order valence-electron chi connectivity index (χ0n) is 10.5. The van der Waals surface area contributed by atoms with Gasteiger partial charge in [0.15, 0.2) is 0 Å².